The SMILES string of the molecule is CC[C@H](C)Oc1ccccc1[C@@H]1CC(=O)NC2=C1C(=O)CCC2. The van der Waals surface area contributed by atoms with Gasteiger partial charge >= 0.3 is 0 Å². The number of ketones is 1. The van der Waals surface area contributed by atoms with E-state index < -0.39 is 0 Å². The summed E-state index contributed by atoms with van der Waals surface area (Å²) in [6.07, 6.45) is 3.48. The average molecular weight is 313 g/mol. The van der Waals surface area contributed by atoms with Crippen LogP contribution < -0.4 is 10.1 Å². The van der Waals surface area contributed by atoms with Crippen molar-refractivity contribution in [3.05, 3.63) is 41.1 Å². The maximum atomic E-state index is 12.5. The Morgan fingerprint density at radius 3 is 2.83 bits per heavy atom. The third-order valence-corrected chi connectivity index (χ3v) is 4.68. The Labute approximate surface area is 136 Å². The molecule has 1 aliphatic heterocycles. The second kappa shape index (κ2) is 6.57. The summed E-state index contributed by atoms with van der Waals surface area (Å²) in [6, 6.07) is 7.79. The van der Waals surface area contributed by atoms with E-state index in [2.05, 4.69) is 12.2 Å². The average Bonchev–Trinajstić information content (AvgIpc) is 2.54. The summed E-state index contributed by atoms with van der Waals surface area (Å²) in [5.41, 5.74) is 2.56. The molecular formula is C19H23NO3. The molecule has 0 fully saturated rings. The van der Waals surface area contributed by atoms with E-state index in [1.807, 2.05) is 31.2 Å². The van der Waals surface area contributed by atoms with Crippen LogP contribution in [0.4, 0.5) is 0 Å². The van der Waals surface area contributed by atoms with Crippen molar-refractivity contribution in [3.63, 3.8) is 0 Å². The van der Waals surface area contributed by atoms with Crippen molar-refractivity contribution in [3.8, 4) is 5.75 Å². The molecule has 0 bridgehead atoms. The fraction of sp³-hybridized carbons (Fsp3) is 0.474. The number of nitrogens with one attached hydrogen (secondary N) is 1. The van der Waals surface area contributed by atoms with Crippen LogP contribution in [0.1, 0.15) is 57.4 Å². The second-order valence-corrected chi connectivity index (χ2v) is 6.35. The van der Waals surface area contributed by atoms with E-state index in [1.54, 1.807) is 0 Å². The molecule has 1 aromatic carbocycles. The van der Waals surface area contributed by atoms with Crippen LogP contribution in [0.2, 0.25) is 0 Å². The van der Waals surface area contributed by atoms with Gasteiger partial charge in [0.15, 0.2) is 5.78 Å². The van der Waals surface area contributed by atoms with Crippen molar-refractivity contribution >= 4 is 11.7 Å². The Bertz CT molecular complexity index is 662. The predicted molar refractivity (Wildman–Crippen MR) is 88.2 cm³/mol. The van der Waals surface area contributed by atoms with Crippen LogP contribution in [0.3, 0.4) is 0 Å². The minimum atomic E-state index is -0.188. The fourth-order valence-electron chi connectivity index (χ4n) is 3.35. The first-order valence-electron chi connectivity index (χ1n) is 8.41. The maximum Gasteiger partial charge on any atom is 0.225 e. The Kier molecular flexibility index (Phi) is 4.51. The number of amides is 1. The number of hydrogen-bond donors (Lipinski definition) is 1. The van der Waals surface area contributed by atoms with Crippen molar-refractivity contribution in [2.45, 2.75) is 58.0 Å². The molecule has 0 spiro atoms. The first-order valence-corrected chi connectivity index (χ1v) is 8.41. The highest BCUT2D eigenvalue weighted by molar-refractivity contribution is 6.01. The molecule has 122 valence electrons. The van der Waals surface area contributed by atoms with Gasteiger partial charge in [0.25, 0.3) is 0 Å². The van der Waals surface area contributed by atoms with E-state index in [9.17, 15) is 9.59 Å². The zero-order valence-corrected chi connectivity index (χ0v) is 13.7. The molecule has 1 aliphatic carbocycles. The Hall–Kier alpha value is -2.10. The number of para-hydroxylation sites is 1. The lowest BCUT2D eigenvalue weighted by atomic mass is 9.78. The molecule has 0 saturated carbocycles. The molecule has 1 aromatic rings. The molecule has 0 radical (unpaired) electrons. The zero-order chi connectivity index (χ0) is 16.4. The van der Waals surface area contributed by atoms with E-state index in [0.717, 1.165) is 41.8 Å². The Morgan fingerprint density at radius 1 is 1.26 bits per heavy atom. The van der Waals surface area contributed by atoms with Gasteiger partial charge in [-0.25, -0.2) is 0 Å². The monoisotopic (exact) mass is 313 g/mol. The van der Waals surface area contributed by atoms with Gasteiger partial charge in [-0.15, -0.1) is 0 Å². The number of rotatable bonds is 4. The number of benzene rings is 1. The summed E-state index contributed by atoms with van der Waals surface area (Å²) < 4.78 is 6.03. The zero-order valence-electron chi connectivity index (χ0n) is 13.7. The Morgan fingerprint density at radius 2 is 2.04 bits per heavy atom. The molecule has 2 atom stereocenters. The van der Waals surface area contributed by atoms with Crippen molar-refractivity contribution < 1.29 is 14.3 Å². The van der Waals surface area contributed by atoms with Gasteiger partial charge in [-0.2, -0.15) is 0 Å². The summed E-state index contributed by atoms with van der Waals surface area (Å²) in [5.74, 6) is 0.745. The van der Waals surface area contributed by atoms with Crippen molar-refractivity contribution in [1.29, 1.82) is 0 Å². The third kappa shape index (κ3) is 3.16. The van der Waals surface area contributed by atoms with Gasteiger partial charge in [0, 0.05) is 35.6 Å². The van der Waals surface area contributed by atoms with Crippen molar-refractivity contribution in [2.24, 2.45) is 0 Å². The van der Waals surface area contributed by atoms with E-state index in [0.29, 0.717) is 12.8 Å². The van der Waals surface area contributed by atoms with Gasteiger partial charge in [-0.1, -0.05) is 25.1 Å². The van der Waals surface area contributed by atoms with Crippen LogP contribution in [0.15, 0.2) is 35.5 Å². The summed E-state index contributed by atoms with van der Waals surface area (Å²) in [5, 5.41) is 2.90. The molecule has 0 saturated heterocycles. The first kappa shape index (κ1) is 15.8. The molecular weight excluding hydrogens is 290 g/mol. The highest BCUT2D eigenvalue weighted by atomic mass is 16.5. The highest BCUT2D eigenvalue weighted by Crippen LogP contribution is 2.41. The van der Waals surface area contributed by atoms with Gasteiger partial charge in [-0.05, 0) is 32.3 Å². The molecule has 4 heteroatoms. The molecule has 3 rings (SSSR count). The van der Waals surface area contributed by atoms with Crippen LogP contribution in [0.5, 0.6) is 5.75 Å². The van der Waals surface area contributed by atoms with E-state index in [1.165, 1.54) is 0 Å². The van der Waals surface area contributed by atoms with Crippen molar-refractivity contribution in [2.75, 3.05) is 0 Å². The van der Waals surface area contributed by atoms with Crippen LogP contribution in [-0.2, 0) is 9.59 Å². The number of carbonyl (C=O) groups is 2. The highest BCUT2D eigenvalue weighted by Gasteiger charge is 2.36. The number of allylic oxidation sites excluding steroid dienone is 2. The summed E-state index contributed by atoms with van der Waals surface area (Å²) in [6.45, 7) is 4.10. The van der Waals surface area contributed by atoms with Gasteiger partial charge in [0.05, 0.1) is 6.10 Å². The summed E-state index contributed by atoms with van der Waals surface area (Å²) in [4.78, 5) is 24.6. The lowest BCUT2D eigenvalue weighted by Gasteiger charge is -2.32. The van der Waals surface area contributed by atoms with E-state index >= 15 is 0 Å². The van der Waals surface area contributed by atoms with E-state index in [-0.39, 0.29) is 23.7 Å². The maximum absolute atomic E-state index is 12.5. The third-order valence-electron chi connectivity index (χ3n) is 4.68. The number of carbonyl (C=O) groups excluding carboxylic acids is 2. The topological polar surface area (TPSA) is 55.4 Å². The minimum Gasteiger partial charge on any atom is -0.490 e. The van der Waals surface area contributed by atoms with Gasteiger partial charge in [0.1, 0.15) is 5.75 Å². The van der Waals surface area contributed by atoms with Crippen molar-refractivity contribution in [1.82, 2.24) is 5.32 Å². The number of hydrogen-bond acceptors (Lipinski definition) is 3. The smallest absolute Gasteiger partial charge is 0.225 e. The normalized spacial score (nSPS) is 22.4. The van der Waals surface area contributed by atoms with Crippen LogP contribution in [0, 0.1) is 0 Å². The van der Waals surface area contributed by atoms with Gasteiger partial charge in [0.2, 0.25) is 5.91 Å². The number of Topliss-reactive ketones (excluding diaryl/α,β-unsaturated/α-hetero) is 1. The Balaban J connectivity index is 2.03. The minimum absolute atomic E-state index is 0.0122. The predicted octanol–water partition coefficient (Wildman–Crippen LogP) is 3.47. The van der Waals surface area contributed by atoms with Crippen LogP contribution in [0.25, 0.3) is 0 Å². The standard InChI is InChI=1S/C19H23NO3/c1-3-12(2)23-17-10-5-4-7-13(17)14-11-18(22)20-15-8-6-9-16(21)19(14)15/h4-5,7,10,12,14H,3,6,8-9,11H2,1-2H3,(H,20,22)/t12-,14-/m0/s1. The first-order chi connectivity index (χ1) is 11.1. The molecule has 4 nitrogen and oxygen atoms in total. The fourth-order valence-corrected chi connectivity index (χ4v) is 3.35. The molecule has 0 unspecified atom stereocenters. The summed E-state index contributed by atoms with van der Waals surface area (Å²) in [7, 11) is 0. The van der Waals surface area contributed by atoms with E-state index in [4.69, 9.17) is 4.74 Å². The number of ether oxygens (including phenoxy) is 1. The van der Waals surface area contributed by atoms with Gasteiger partial charge in [-0.3, -0.25) is 9.59 Å². The second-order valence-electron chi connectivity index (χ2n) is 6.35. The molecule has 1 amide bonds. The largest absolute Gasteiger partial charge is 0.490 e. The van der Waals surface area contributed by atoms with Gasteiger partial charge < -0.3 is 10.1 Å². The van der Waals surface area contributed by atoms with Crippen LogP contribution >= 0.6 is 0 Å². The lowest BCUT2D eigenvalue weighted by molar-refractivity contribution is -0.122. The molecule has 23 heavy (non-hydrogen) atoms. The molecule has 2 aliphatic rings. The summed E-state index contributed by atoms with van der Waals surface area (Å²) >= 11 is 0. The molecule has 1 N–H and O–H groups in total. The quantitative estimate of drug-likeness (QED) is 0.926. The molecule has 0 aromatic heterocycles. The van der Waals surface area contributed by atoms with Crippen LogP contribution in [-0.4, -0.2) is 17.8 Å². The lowest BCUT2D eigenvalue weighted by Crippen LogP contribution is -2.36. The molecule has 1 heterocycles.